The molecule has 2 heterocycles. The summed E-state index contributed by atoms with van der Waals surface area (Å²) in [5.74, 6) is -0.410. The van der Waals surface area contributed by atoms with Gasteiger partial charge in [-0.15, -0.1) is 0 Å². The van der Waals surface area contributed by atoms with Crippen molar-refractivity contribution in [2.45, 2.75) is 19.1 Å². The van der Waals surface area contributed by atoms with Crippen LogP contribution in [-0.2, 0) is 6.54 Å². The molecular formula is C28H24F3N5O2. The molecular weight excluding hydrogens is 495 g/mol. The SMILES string of the molecule is O=[N+]([O-])C1=C(c2cnn(Cc3ccccc3F)c2)N(C(F)c2ccccc2)CN(C(F)c2ccccc2)C1. The van der Waals surface area contributed by atoms with Crippen LogP contribution in [0.2, 0.25) is 0 Å². The number of hydrogen-bond acceptors (Lipinski definition) is 5. The minimum atomic E-state index is -1.80. The summed E-state index contributed by atoms with van der Waals surface area (Å²) < 4.78 is 47.3. The van der Waals surface area contributed by atoms with Crippen LogP contribution in [0.25, 0.3) is 5.70 Å². The Kier molecular flexibility index (Phi) is 7.23. The minimum absolute atomic E-state index is 0.00245. The normalized spacial score (nSPS) is 15.9. The van der Waals surface area contributed by atoms with E-state index < -0.39 is 23.3 Å². The number of benzene rings is 3. The number of nitro groups is 1. The zero-order chi connectivity index (χ0) is 26.6. The molecule has 5 rings (SSSR count). The van der Waals surface area contributed by atoms with E-state index in [1.165, 1.54) is 32.9 Å². The standard InChI is InChI=1S/C28H24F3N5O2/c29-24-14-8-7-13-22(24)16-34-17-23(15-32-34)26-25(36(37)38)18-33(27(30)20-9-3-1-4-10-20)19-35(26)28(31)21-11-5-2-6-12-21/h1-15,17,27-28H,16,18-19H2. The highest BCUT2D eigenvalue weighted by molar-refractivity contribution is 5.66. The van der Waals surface area contributed by atoms with Gasteiger partial charge in [0.05, 0.1) is 30.9 Å². The molecule has 1 aliphatic heterocycles. The lowest BCUT2D eigenvalue weighted by atomic mass is 10.1. The Hall–Kier alpha value is -4.44. The Labute approximate surface area is 217 Å². The van der Waals surface area contributed by atoms with Crippen LogP contribution in [-0.4, -0.2) is 37.7 Å². The molecule has 3 aromatic carbocycles. The van der Waals surface area contributed by atoms with E-state index in [-0.39, 0.29) is 42.3 Å². The fraction of sp³-hybridized carbons (Fsp3) is 0.179. The lowest BCUT2D eigenvalue weighted by molar-refractivity contribution is -0.430. The van der Waals surface area contributed by atoms with Crippen molar-refractivity contribution in [2.24, 2.45) is 0 Å². The van der Waals surface area contributed by atoms with Gasteiger partial charge in [-0.3, -0.25) is 14.8 Å². The van der Waals surface area contributed by atoms with Gasteiger partial charge < -0.3 is 4.90 Å². The van der Waals surface area contributed by atoms with Crippen LogP contribution in [0.3, 0.4) is 0 Å². The van der Waals surface area contributed by atoms with Crippen LogP contribution in [0.15, 0.2) is 103 Å². The molecule has 0 N–H and O–H groups in total. The Bertz CT molecular complexity index is 1450. The maximum Gasteiger partial charge on any atom is 0.284 e. The maximum absolute atomic E-state index is 16.1. The Balaban J connectivity index is 1.56. The van der Waals surface area contributed by atoms with Crippen LogP contribution in [0.5, 0.6) is 0 Å². The molecule has 0 fully saturated rings. The third-order valence-corrected chi connectivity index (χ3v) is 6.41. The van der Waals surface area contributed by atoms with Crippen molar-refractivity contribution in [3.8, 4) is 0 Å². The first-order valence-electron chi connectivity index (χ1n) is 11.9. The van der Waals surface area contributed by atoms with Crippen LogP contribution in [0.4, 0.5) is 13.2 Å². The van der Waals surface area contributed by atoms with Crippen molar-refractivity contribution < 1.29 is 18.1 Å². The van der Waals surface area contributed by atoms with Gasteiger partial charge in [-0.1, -0.05) is 78.9 Å². The lowest BCUT2D eigenvalue weighted by Crippen LogP contribution is -2.46. The smallest absolute Gasteiger partial charge is 0.284 e. The Morgan fingerprint density at radius 2 is 1.50 bits per heavy atom. The molecule has 0 saturated heterocycles. The molecule has 0 amide bonds. The van der Waals surface area contributed by atoms with Crippen molar-refractivity contribution in [3.63, 3.8) is 0 Å². The van der Waals surface area contributed by atoms with E-state index in [0.29, 0.717) is 11.1 Å². The molecule has 0 bridgehead atoms. The van der Waals surface area contributed by atoms with E-state index >= 15 is 8.78 Å². The van der Waals surface area contributed by atoms with E-state index in [0.717, 1.165) is 0 Å². The highest BCUT2D eigenvalue weighted by Crippen LogP contribution is 2.39. The zero-order valence-corrected chi connectivity index (χ0v) is 20.2. The number of aromatic nitrogens is 2. The van der Waals surface area contributed by atoms with Crippen LogP contribution in [0.1, 0.15) is 34.8 Å². The molecule has 38 heavy (non-hydrogen) atoms. The van der Waals surface area contributed by atoms with Gasteiger partial charge in [0.15, 0.2) is 12.6 Å². The molecule has 0 aliphatic carbocycles. The summed E-state index contributed by atoms with van der Waals surface area (Å²) in [7, 11) is 0. The second kappa shape index (κ2) is 10.9. The molecule has 7 nitrogen and oxygen atoms in total. The zero-order valence-electron chi connectivity index (χ0n) is 20.2. The summed E-state index contributed by atoms with van der Waals surface area (Å²) in [6.07, 6.45) is -0.608. The molecule has 10 heteroatoms. The second-order valence-electron chi connectivity index (χ2n) is 8.92. The minimum Gasteiger partial charge on any atom is -0.319 e. The molecule has 4 aromatic rings. The fourth-order valence-corrected chi connectivity index (χ4v) is 4.55. The predicted molar refractivity (Wildman–Crippen MR) is 136 cm³/mol. The summed E-state index contributed by atoms with van der Waals surface area (Å²) in [6, 6.07) is 22.7. The van der Waals surface area contributed by atoms with Crippen molar-refractivity contribution in [3.05, 3.63) is 141 Å². The summed E-state index contributed by atoms with van der Waals surface area (Å²) in [6.45, 7) is -0.523. The van der Waals surface area contributed by atoms with Gasteiger partial charge in [-0.05, 0) is 6.07 Å². The quantitative estimate of drug-likeness (QED) is 0.164. The molecule has 1 aliphatic rings. The molecule has 0 saturated carbocycles. The lowest BCUT2D eigenvalue weighted by Gasteiger charge is -2.39. The maximum atomic E-state index is 16.1. The van der Waals surface area contributed by atoms with E-state index in [4.69, 9.17) is 0 Å². The van der Waals surface area contributed by atoms with Gasteiger partial charge in [-0.25, -0.2) is 18.1 Å². The first-order chi connectivity index (χ1) is 18.4. The number of rotatable bonds is 8. The van der Waals surface area contributed by atoms with Gasteiger partial charge in [0.25, 0.3) is 5.70 Å². The summed E-state index contributed by atoms with van der Waals surface area (Å²) in [4.78, 5) is 14.0. The van der Waals surface area contributed by atoms with Crippen LogP contribution >= 0.6 is 0 Å². The first kappa shape index (κ1) is 25.2. The first-order valence-corrected chi connectivity index (χ1v) is 11.9. The molecule has 1 aromatic heterocycles. The van der Waals surface area contributed by atoms with Gasteiger partial charge in [0.2, 0.25) is 0 Å². The predicted octanol–water partition coefficient (Wildman–Crippen LogP) is 5.93. The van der Waals surface area contributed by atoms with Crippen molar-refractivity contribution in [1.82, 2.24) is 19.6 Å². The average molecular weight is 520 g/mol. The van der Waals surface area contributed by atoms with Crippen molar-refractivity contribution >= 4 is 5.70 Å². The third kappa shape index (κ3) is 5.16. The van der Waals surface area contributed by atoms with Crippen molar-refractivity contribution in [2.75, 3.05) is 13.2 Å². The van der Waals surface area contributed by atoms with Gasteiger partial charge in [0.1, 0.15) is 11.5 Å². The Morgan fingerprint density at radius 3 is 2.13 bits per heavy atom. The van der Waals surface area contributed by atoms with Gasteiger partial charge >= 0.3 is 0 Å². The topological polar surface area (TPSA) is 67.4 Å². The summed E-state index contributed by atoms with van der Waals surface area (Å²) in [5.41, 5.74) is 0.880. The molecule has 194 valence electrons. The number of hydrogen-bond donors (Lipinski definition) is 0. The summed E-state index contributed by atoms with van der Waals surface area (Å²) in [5, 5.41) is 16.5. The molecule has 0 radical (unpaired) electrons. The van der Waals surface area contributed by atoms with E-state index in [1.807, 2.05) is 0 Å². The number of halogens is 3. The van der Waals surface area contributed by atoms with E-state index in [2.05, 4.69) is 5.10 Å². The highest BCUT2D eigenvalue weighted by Gasteiger charge is 2.40. The monoisotopic (exact) mass is 519 g/mol. The van der Waals surface area contributed by atoms with Crippen molar-refractivity contribution in [1.29, 1.82) is 0 Å². The largest absolute Gasteiger partial charge is 0.319 e. The van der Waals surface area contributed by atoms with E-state index in [9.17, 15) is 14.5 Å². The average Bonchev–Trinajstić information content (AvgIpc) is 3.41. The highest BCUT2D eigenvalue weighted by atomic mass is 19.1. The van der Waals surface area contributed by atoms with Crippen LogP contribution in [0, 0.1) is 15.9 Å². The summed E-state index contributed by atoms with van der Waals surface area (Å²) >= 11 is 0. The van der Waals surface area contributed by atoms with Crippen LogP contribution < -0.4 is 0 Å². The van der Waals surface area contributed by atoms with Gasteiger partial charge in [-0.2, -0.15) is 5.10 Å². The number of nitrogens with zero attached hydrogens (tertiary/aromatic N) is 5. The second-order valence-corrected chi connectivity index (χ2v) is 8.92. The van der Waals surface area contributed by atoms with E-state index in [1.54, 1.807) is 78.9 Å². The molecule has 0 spiro atoms. The Morgan fingerprint density at radius 1 is 0.895 bits per heavy atom. The molecule has 2 atom stereocenters. The fourth-order valence-electron chi connectivity index (χ4n) is 4.55. The number of alkyl halides is 2. The third-order valence-electron chi connectivity index (χ3n) is 6.41. The van der Waals surface area contributed by atoms with Gasteiger partial charge in [0, 0.05) is 28.5 Å². The molecule has 2 unspecified atom stereocenters.